The van der Waals surface area contributed by atoms with Crippen molar-refractivity contribution >= 4 is 0 Å². The second-order valence-corrected chi connectivity index (χ2v) is 5.62. The van der Waals surface area contributed by atoms with E-state index in [4.69, 9.17) is 9.47 Å². The van der Waals surface area contributed by atoms with Gasteiger partial charge in [0.05, 0.1) is 12.8 Å². The molecule has 0 fully saturated rings. The second-order valence-electron chi connectivity index (χ2n) is 5.62. The number of aromatic hydroxyl groups is 1. The van der Waals surface area contributed by atoms with E-state index in [9.17, 15) is 9.50 Å². The van der Waals surface area contributed by atoms with Crippen LogP contribution in [-0.4, -0.2) is 22.4 Å². The van der Waals surface area contributed by atoms with Crippen LogP contribution >= 0.6 is 0 Å². The summed E-state index contributed by atoms with van der Waals surface area (Å²) in [6.07, 6.45) is 0.744. The number of benzene rings is 2. The van der Waals surface area contributed by atoms with E-state index in [0.29, 0.717) is 34.2 Å². The molecule has 0 aliphatic rings. The summed E-state index contributed by atoms with van der Waals surface area (Å²) in [4.78, 5) is 0. The van der Waals surface area contributed by atoms with E-state index in [1.165, 1.54) is 24.3 Å². The maximum absolute atomic E-state index is 13.1. The van der Waals surface area contributed by atoms with Crippen LogP contribution in [0.25, 0.3) is 11.3 Å². The fraction of sp³-hybridized carbons (Fsp3) is 0.211. The van der Waals surface area contributed by atoms with Crippen LogP contribution < -0.4 is 9.47 Å². The number of nitrogens with one attached hydrogen (secondary N) is 1. The fourth-order valence-electron chi connectivity index (χ4n) is 2.62. The third-order valence-electron chi connectivity index (χ3n) is 3.96. The van der Waals surface area contributed by atoms with Crippen molar-refractivity contribution in [2.45, 2.75) is 20.3 Å². The molecule has 0 unspecified atom stereocenters. The quantitative estimate of drug-likeness (QED) is 0.711. The Bertz CT molecular complexity index is 888. The zero-order valence-electron chi connectivity index (χ0n) is 14.3. The summed E-state index contributed by atoms with van der Waals surface area (Å²) in [5, 5.41) is 17.5. The van der Waals surface area contributed by atoms with E-state index >= 15 is 0 Å². The number of nitrogens with zero attached hydrogens (tertiary/aromatic N) is 1. The lowest BCUT2D eigenvalue weighted by Gasteiger charge is -2.12. The first-order chi connectivity index (χ1) is 12.0. The number of halogens is 1. The molecule has 5 nitrogen and oxygen atoms in total. The summed E-state index contributed by atoms with van der Waals surface area (Å²) < 4.78 is 24.2. The van der Waals surface area contributed by atoms with Gasteiger partial charge in [0.15, 0.2) is 5.75 Å². The molecule has 0 saturated carbocycles. The van der Waals surface area contributed by atoms with Gasteiger partial charge in [0.25, 0.3) is 0 Å². The molecule has 1 aromatic heterocycles. The Morgan fingerprint density at radius 3 is 2.56 bits per heavy atom. The molecule has 0 atom stereocenters. The molecule has 3 aromatic rings. The van der Waals surface area contributed by atoms with Gasteiger partial charge in [-0.2, -0.15) is 5.10 Å². The largest absolute Gasteiger partial charge is 0.507 e. The minimum absolute atomic E-state index is 0.0458. The average molecular weight is 342 g/mol. The SMILES string of the molecule is CCc1cc(-c2n[nH]c(C)c2Oc2ccc(F)cc2)c(O)cc1OC. The highest BCUT2D eigenvalue weighted by Gasteiger charge is 2.20. The van der Waals surface area contributed by atoms with Gasteiger partial charge in [-0.3, -0.25) is 5.10 Å². The van der Waals surface area contributed by atoms with Crippen LogP contribution in [0, 0.1) is 12.7 Å². The van der Waals surface area contributed by atoms with Gasteiger partial charge < -0.3 is 14.6 Å². The molecule has 2 aromatic carbocycles. The molecule has 130 valence electrons. The highest BCUT2D eigenvalue weighted by molar-refractivity contribution is 5.75. The number of methoxy groups -OCH3 is 1. The summed E-state index contributed by atoms with van der Waals surface area (Å²) in [5.74, 6) is 1.29. The predicted octanol–water partition coefficient (Wildman–Crippen LogP) is 4.59. The van der Waals surface area contributed by atoms with Gasteiger partial charge in [0.2, 0.25) is 0 Å². The number of hydrogen-bond acceptors (Lipinski definition) is 4. The standard InChI is InChI=1S/C19H19FN2O3/c1-4-12-9-15(16(23)10-17(12)24-3)18-19(11(2)21-22-18)25-14-7-5-13(20)6-8-14/h5-10,23H,4H2,1-3H3,(H,21,22). The maximum atomic E-state index is 13.1. The normalized spacial score (nSPS) is 10.7. The number of phenolic OH excluding ortho intramolecular Hbond substituents is 1. The van der Waals surface area contributed by atoms with Crippen LogP contribution in [0.5, 0.6) is 23.0 Å². The van der Waals surface area contributed by atoms with Gasteiger partial charge in [0.1, 0.15) is 28.8 Å². The summed E-state index contributed by atoms with van der Waals surface area (Å²) >= 11 is 0. The summed E-state index contributed by atoms with van der Waals surface area (Å²) in [6, 6.07) is 9.13. The van der Waals surface area contributed by atoms with Gasteiger partial charge >= 0.3 is 0 Å². The molecular weight excluding hydrogens is 323 g/mol. The summed E-state index contributed by atoms with van der Waals surface area (Å²) in [6.45, 7) is 3.82. The van der Waals surface area contributed by atoms with Gasteiger partial charge in [-0.25, -0.2) is 4.39 Å². The van der Waals surface area contributed by atoms with Gasteiger partial charge in [-0.15, -0.1) is 0 Å². The second kappa shape index (κ2) is 6.84. The van der Waals surface area contributed by atoms with E-state index in [-0.39, 0.29) is 11.6 Å². The molecule has 0 spiro atoms. The van der Waals surface area contributed by atoms with Crippen molar-refractivity contribution in [3.63, 3.8) is 0 Å². The molecule has 0 aliphatic carbocycles. The molecule has 25 heavy (non-hydrogen) atoms. The monoisotopic (exact) mass is 342 g/mol. The molecule has 0 bridgehead atoms. The highest BCUT2D eigenvalue weighted by atomic mass is 19.1. The predicted molar refractivity (Wildman–Crippen MR) is 92.8 cm³/mol. The number of hydrogen-bond donors (Lipinski definition) is 2. The van der Waals surface area contributed by atoms with Gasteiger partial charge in [-0.1, -0.05) is 6.92 Å². The average Bonchev–Trinajstić information content (AvgIpc) is 2.97. The lowest BCUT2D eigenvalue weighted by Crippen LogP contribution is -1.94. The molecule has 3 rings (SSSR count). The van der Waals surface area contributed by atoms with Crippen LogP contribution in [0.15, 0.2) is 36.4 Å². The molecule has 0 radical (unpaired) electrons. The lowest BCUT2D eigenvalue weighted by atomic mass is 10.0. The minimum atomic E-state index is -0.336. The smallest absolute Gasteiger partial charge is 0.176 e. The van der Waals surface area contributed by atoms with Crippen molar-refractivity contribution < 1.29 is 19.0 Å². The maximum Gasteiger partial charge on any atom is 0.176 e. The minimum Gasteiger partial charge on any atom is -0.507 e. The Balaban J connectivity index is 2.05. The molecule has 0 saturated heterocycles. The number of H-pyrrole nitrogens is 1. The molecule has 1 heterocycles. The first-order valence-electron chi connectivity index (χ1n) is 7.92. The van der Waals surface area contributed by atoms with E-state index in [0.717, 1.165) is 12.0 Å². The number of ether oxygens (including phenoxy) is 2. The first-order valence-corrected chi connectivity index (χ1v) is 7.92. The van der Waals surface area contributed by atoms with E-state index in [1.54, 1.807) is 13.2 Å². The third kappa shape index (κ3) is 3.28. The van der Waals surface area contributed by atoms with Crippen molar-refractivity contribution in [1.82, 2.24) is 10.2 Å². The van der Waals surface area contributed by atoms with Crippen molar-refractivity contribution in [1.29, 1.82) is 0 Å². The van der Waals surface area contributed by atoms with Crippen LogP contribution in [0.3, 0.4) is 0 Å². The lowest BCUT2D eigenvalue weighted by molar-refractivity contribution is 0.403. The van der Waals surface area contributed by atoms with Crippen LogP contribution in [0.2, 0.25) is 0 Å². The Kier molecular flexibility index (Phi) is 4.61. The Morgan fingerprint density at radius 2 is 1.92 bits per heavy atom. The zero-order chi connectivity index (χ0) is 18.0. The third-order valence-corrected chi connectivity index (χ3v) is 3.96. The molecule has 0 amide bonds. The topological polar surface area (TPSA) is 67.4 Å². The van der Waals surface area contributed by atoms with Crippen LogP contribution in [0.4, 0.5) is 4.39 Å². The summed E-state index contributed by atoms with van der Waals surface area (Å²) in [7, 11) is 1.56. The number of rotatable bonds is 5. The van der Waals surface area contributed by atoms with E-state index in [1.807, 2.05) is 19.9 Å². The number of aromatic nitrogens is 2. The Labute approximate surface area is 145 Å². The van der Waals surface area contributed by atoms with Crippen molar-refractivity contribution in [3.05, 3.63) is 53.5 Å². The van der Waals surface area contributed by atoms with Crippen molar-refractivity contribution in [3.8, 4) is 34.3 Å². The van der Waals surface area contributed by atoms with Crippen molar-refractivity contribution in [2.24, 2.45) is 0 Å². The zero-order valence-corrected chi connectivity index (χ0v) is 14.3. The molecular formula is C19H19FN2O3. The van der Waals surface area contributed by atoms with Gasteiger partial charge in [0, 0.05) is 11.6 Å². The fourth-order valence-corrected chi connectivity index (χ4v) is 2.62. The Hall–Kier alpha value is -3.02. The summed E-state index contributed by atoms with van der Waals surface area (Å²) in [5.41, 5.74) is 2.67. The molecule has 2 N–H and O–H groups in total. The van der Waals surface area contributed by atoms with Crippen molar-refractivity contribution in [2.75, 3.05) is 7.11 Å². The van der Waals surface area contributed by atoms with Crippen LogP contribution in [0.1, 0.15) is 18.2 Å². The van der Waals surface area contributed by atoms with E-state index < -0.39 is 0 Å². The Morgan fingerprint density at radius 1 is 1.20 bits per heavy atom. The molecule has 6 heteroatoms. The number of phenols is 1. The number of aryl methyl sites for hydroxylation is 2. The van der Waals surface area contributed by atoms with Gasteiger partial charge in [-0.05, 0) is 49.2 Å². The number of aromatic amines is 1. The highest BCUT2D eigenvalue weighted by Crippen LogP contribution is 2.41. The van der Waals surface area contributed by atoms with E-state index in [2.05, 4.69) is 10.2 Å². The first kappa shape index (κ1) is 16.8. The van der Waals surface area contributed by atoms with Crippen LogP contribution in [-0.2, 0) is 6.42 Å². The molecule has 0 aliphatic heterocycles.